The van der Waals surface area contributed by atoms with Gasteiger partial charge in [-0.3, -0.25) is 0 Å². The molecule has 1 aliphatic rings. The van der Waals surface area contributed by atoms with Gasteiger partial charge in [-0.25, -0.2) is 0 Å². The predicted molar refractivity (Wildman–Crippen MR) is 70.6 cm³/mol. The molecular formula is C13H14N2O3Se. The van der Waals surface area contributed by atoms with Crippen LogP contribution >= 0.6 is 0 Å². The Bertz CT molecular complexity index is 490. The van der Waals surface area contributed by atoms with Crippen LogP contribution in [0.3, 0.4) is 0 Å². The number of aryl methyl sites for hydroxylation is 1. The predicted octanol–water partition coefficient (Wildman–Crippen LogP) is -0.283. The third-order valence-electron chi connectivity index (χ3n) is 2.74. The van der Waals surface area contributed by atoms with E-state index in [0.29, 0.717) is 27.5 Å². The molecule has 6 heteroatoms. The number of nitrogens with one attached hydrogen (secondary N) is 1. The van der Waals surface area contributed by atoms with Gasteiger partial charge < -0.3 is 0 Å². The summed E-state index contributed by atoms with van der Waals surface area (Å²) in [5.41, 5.74) is 0. The van der Waals surface area contributed by atoms with Crippen molar-refractivity contribution in [2.45, 2.75) is 12.8 Å². The molecule has 2 heterocycles. The quantitative estimate of drug-likeness (QED) is 0.578. The number of imide groups is 1. The number of amides is 3. The summed E-state index contributed by atoms with van der Waals surface area (Å²) in [6.45, 7) is 0.533. The number of rotatable bonds is 6. The Morgan fingerprint density at radius 2 is 2.00 bits per heavy atom. The first kappa shape index (κ1) is 13.8. The van der Waals surface area contributed by atoms with E-state index in [1.165, 1.54) is 16.6 Å². The van der Waals surface area contributed by atoms with Crippen molar-refractivity contribution >= 4 is 32.2 Å². The van der Waals surface area contributed by atoms with Gasteiger partial charge in [0, 0.05) is 0 Å². The van der Waals surface area contributed by atoms with Crippen molar-refractivity contribution < 1.29 is 14.4 Å². The first-order chi connectivity index (χ1) is 9.16. The van der Waals surface area contributed by atoms with E-state index in [1.54, 1.807) is 0 Å². The number of carbonyl (C=O) groups is 3. The van der Waals surface area contributed by atoms with Crippen molar-refractivity contribution in [2.75, 3.05) is 13.1 Å². The van der Waals surface area contributed by atoms with Gasteiger partial charge in [0.15, 0.2) is 0 Å². The standard InChI is InChI=1S/C13H14N2O3Se/c16-11(4-3-10-2-1-9-19-10)14-7-8-15-12(17)5-6-13(15)18/h1-2,5-6,9H,3-4,7-8H2,(H,14,16). The maximum absolute atomic E-state index is 11.6. The molecule has 0 spiro atoms. The summed E-state index contributed by atoms with van der Waals surface area (Å²) in [5.74, 6) is -0.677. The van der Waals surface area contributed by atoms with E-state index in [-0.39, 0.29) is 24.3 Å². The first-order valence-corrected chi connectivity index (χ1v) is 7.84. The average molecular weight is 325 g/mol. The molecule has 1 N–H and O–H groups in total. The minimum absolute atomic E-state index is 0.0457. The number of carbonyl (C=O) groups excluding carboxylic acids is 3. The Hall–Kier alpha value is -1.65. The van der Waals surface area contributed by atoms with Crippen LogP contribution in [0.2, 0.25) is 0 Å². The second-order valence-corrected chi connectivity index (χ2v) is 6.26. The molecule has 3 amide bonds. The van der Waals surface area contributed by atoms with E-state index in [1.807, 2.05) is 6.07 Å². The zero-order valence-corrected chi connectivity index (χ0v) is 12.0. The van der Waals surface area contributed by atoms with Gasteiger partial charge in [-0.1, -0.05) is 0 Å². The van der Waals surface area contributed by atoms with E-state index in [2.05, 4.69) is 16.3 Å². The van der Waals surface area contributed by atoms with E-state index in [4.69, 9.17) is 0 Å². The Kier molecular flexibility index (Phi) is 4.71. The van der Waals surface area contributed by atoms with Crippen LogP contribution in [0.5, 0.6) is 0 Å². The molecule has 0 saturated heterocycles. The van der Waals surface area contributed by atoms with Gasteiger partial charge in [-0.2, -0.15) is 0 Å². The molecule has 2 rings (SSSR count). The summed E-state index contributed by atoms with van der Waals surface area (Å²) < 4.78 is 1.32. The van der Waals surface area contributed by atoms with Crippen LogP contribution in [0, 0.1) is 0 Å². The molecule has 0 fully saturated rings. The van der Waals surface area contributed by atoms with Gasteiger partial charge in [0.2, 0.25) is 0 Å². The third-order valence-corrected chi connectivity index (χ3v) is 4.70. The number of nitrogens with zero attached hydrogens (tertiary/aromatic N) is 1. The zero-order valence-electron chi connectivity index (χ0n) is 10.3. The summed E-state index contributed by atoms with van der Waals surface area (Å²) in [6.07, 6.45) is 3.72. The van der Waals surface area contributed by atoms with Crippen LogP contribution in [0.4, 0.5) is 0 Å². The van der Waals surface area contributed by atoms with Crippen molar-refractivity contribution in [3.63, 3.8) is 0 Å². The number of hydrogen-bond donors (Lipinski definition) is 1. The Balaban J connectivity index is 1.64. The van der Waals surface area contributed by atoms with Crippen molar-refractivity contribution in [1.82, 2.24) is 10.2 Å². The van der Waals surface area contributed by atoms with Crippen molar-refractivity contribution in [3.05, 3.63) is 33.7 Å². The first-order valence-electron chi connectivity index (χ1n) is 5.99. The van der Waals surface area contributed by atoms with Gasteiger partial charge in [0.05, 0.1) is 0 Å². The Morgan fingerprint density at radius 3 is 2.63 bits per heavy atom. The van der Waals surface area contributed by atoms with Crippen molar-refractivity contribution in [2.24, 2.45) is 0 Å². The van der Waals surface area contributed by atoms with E-state index < -0.39 is 0 Å². The molecule has 0 radical (unpaired) electrons. The molecule has 0 unspecified atom stereocenters. The molecule has 1 aromatic heterocycles. The Morgan fingerprint density at radius 1 is 1.26 bits per heavy atom. The monoisotopic (exact) mass is 326 g/mol. The van der Waals surface area contributed by atoms with Crippen LogP contribution in [0.1, 0.15) is 10.9 Å². The summed E-state index contributed by atoms with van der Waals surface area (Å²) in [5, 5.41) is 2.72. The molecule has 100 valence electrons. The molecule has 0 aromatic carbocycles. The zero-order chi connectivity index (χ0) is 13.7. The second-order valence-electron chi connectivity index (χ2n) is 4.09. The molecule has 19 heavy (non-hydrogen) atoms. The normalized spacial score (nSPS) is 14.2. The summed E-state index contributed by atoms with van der Waals surface area (Å²) in [7, 11) is 0. The van der Waals surface area contributed by atoms with E-state index in [0.717, 1.165) is 11.3 Å². The fraction of sp³-hybridized carbons (Fsp3) is 0.308. The second kappa shape index (κ2) is 6.50. The fourth-order valence-electron chi connectivity index (χ4n) is 1.74. The topological polar surface area (TPSA) is 66.5 Å². The molecule has 1 aliphatic heterocycles. The minimum atomic E-state index is -0.316. The van der Waals surface area contributed by atoms with Gasteiger partial charge in [0.25, 0.3) is 0 Å². The molecule has 0 bridgehead atoms. The maximum atomic E-state index is 11.6. The van der Waals surface area contributed by atoms with Crippen molar-refractivity contribution in [3.8, 4) is 0 Å². The van der Waals surface area contributed by atoms with E-state index in [9.17, 15) is 14.4 Å². The van der Waals surface area contributed by atoms with Gasteiger partial charge in [-0.05, 0) is 0 Å². The van der Waals surface area contributed by atoms with Crippen LogP contribution in [-0.2, 0) is 20.8 Å². The van der Waals surface area contributed by atoms with Gasteiger partial charge in [0.1, 0.15) is 0 Å². The summed E-state index contributed by atoms with van der Waals surface area (Å²) >= 11 is 0.403. The van der Waals surface area contributed by atoms with Crippen molar-refractivity contribution in [1.29, 1.82) is 0 Å². The van der Waals surface area contributed by atoms with Gasteiger partial charge >= 0.3 is 116 Å². The molecule has 1 aromatic rings. The summed E-state index contributed by atoms with van der Waals surface area (Å²) in [6, 6.07) is 4.07. The SMILES string of the molecule is O=C(CCc1ccc[se]1)NCCN1C(=O)C=CC1=O. The van der Waals surface area contributed by atoms with Gasteiger partial charge in [-0.15, -0.1) is 0 Å². The summed E-state index contributed by atoms with van der Waals surface area (Å²) in [4.78, 5) is 37.3. The molecule has 0 saturated carbocycles. The van der Waals surface area contributed by atoms with E-state index >= 15 is 0 Å². The van der Waals surface area contributed by atoms with Crippen LogP contribution in [-0.4, -0.2) is 50.2 Å². The van der Waals surface area contributed by atoms with Crippen LogP contribution in [0.25, 0.3) is 0 Å². The molecule has 5 nitrogen and oxygen atoms in total. The molecular weight excluding hydrogens is 311 g/mol. The number of hydrogen-bond acceptors (Lipinski definition) is 3. The Labute approximate surface area is 117 Å². The van der Waals surface area contributed by atoms with Crippen LogP contribution < -0.4 is 5.32 Å². The van der Waals surface area contributed by atoms with Crippen LogP contribution in [0.15, 0.2) is 29.2 Å². The fourth-order valence-corrected chi connectivity index (χ4v) is 3.23. The molecule has 0 aliphatic carbocycles. The average Bonchev–Trinajstić information content (AvgIpc) is 3.00. The third kappa shape index (κ3) is 3.91. The molecule has 0 atom stereocenters.